The van der Waals surface area contributed by atoms with Crippen LogP contribution in [-0.2, 0) is 4.79 Å². The molecule has 1 aromatic carbocycles. The van der Waals surface area contributed by atoms with Gasteiger partial charge in [0.15, 0.2) is 0 Å². The van der Waals surface area contributed by atoms with Gasteiger partial charge < -0.3 is 4.90 Å². The number of fused-ring (bicyclic) bond motifs is 1. The minimum absolute atomic E-state index is 0.195. The maximum Gasteiger partial charge on any atom is 0.232 e. The molecule has 2 saturated heterocycles. The van der Waals surface area contributed by atoms with Gasteiger partial charge in [-0.15, -0.1) is 23.4 Å². The highest BCUT2D eigenvalue weighted by atomic mass is 35.5. The molecule has 2 fully saturated rings. The lowest BCUT2D eigenvalue weighted by Crippen LogP contribution is -2.53. The molecule has 4 rings (SSSR count). The van der Waals surface area contributed by atoms with Gasteiger partial charge in [0.05, 0.1) is 10.6 Å². The van der Waals surface area contributed by atoms with Crippen molar-refractivity contribution in [1.82, 2.24) is 9.80 Å². The number of carbonyl (C=O) groups is 1. The van der Waals surface area contributed by atoms with Crippen LogP contribution in [0, 0.1) is 5.92 Å². The molecule has 0 N–H and O–H groups in total. The summed E-state index contributed by atoms with van der Waals surface area (Å²) >= 11 is 8.11. The summed E-state index contributed by atoms with van der Waals surface area (Å²) in [6.07, 6.45) is 4.56. The number of alkyl halides is 1. The van der Waals surface area contributed by atoms with Crippen LogP contribution in [0.5, 0.6) is 0 Å². The van der Waals surface area contributed by atoms with Crippen LogP contribution in [0.25, 0.3) is 4.91 Å². The average Bonchev–Trinajstić information content (AvgIpc) is 3.20. The van der Waals surface area contributed by atoms with Crippen molar-refractivity contribution in [2.45, 2.75) is 23.6 Å². The number of nitrogens with zero attached hydrogens (tertiary/aromatic N) is 2. The third kappa shape index (κ3) is 3.04. The Balaban J connectivity index is 1.48. The average molecular weight is 349 g/mol. The van der Waals surface area contributed by atoms with Gasteiger partial charge in [0.25, 0.3) is 0 Å². The summed E-state index contributed by atoms with van der Waals surface area (Å²) in [7, 11) is 0. The zero-order valence-corrected chi connectivity index (χ0v) is 14.6. The molecule has 1 amide bonds. The molecule has 3 aliphatic rings. The van der Waals surface area contributed by atoms with Gasteiger partial charge in [0.2, 0.25) is 5.91 Å². The van der Waals surface area contributed by atoms with Crippen LogP contribution in [0.3, 0.4) is 0 Å². The zero-order chi connectivity index (χ0) is 15.8. The van der Waals surface area contributed by atoms with Crippen molar-refractivity contribution in [2.75, 3.05) is 26.2 Å². The quantitative estimate of drug-likeness (QED) is 0.766. The Kier molecular flexibility index (Phi) is 4.39. The predicted molar refractivity (Wildman–Crippen MR) is 96.3 cm³/mol. The molecule has 5 heteroatoms. The highest BCUT2D eigenvalue weighted by Crippen LogP contribution is 2.45. The third-order valence-corrected chi connectivity index (χ3v) is 6.78. The van der Waals surface area contributed by atoms with E-state index in [1.165, 1.54) is 19.4 Å². The summed E-state index contributed by atoms with van der Waals surface area (Å²) in [6.45, 7) is 3.92. The van der Waals surface area contributed by atoms with Gasteiger partial charge >= 0.3 is 0 Å². The lowest BCUT2D eigenvalue weighted by molar-refractivity contribution is -0.136. The van der Waals surface area contributed by atoms with Gasteiger partial charge in [-0.3, -0.25) is 9.69 Å². The molecular formula is C18H21ClN2OS. The number of hydrogen-bond acceptors (Lipinski definition) is 3. The summed E-state index contributed by atoms with van der Waals surface area (Å²) in [4.78, 5) is 18.6. The minimum atomic E-state index is -0.204. The van der Waals surface area contributed by atoms with E-state index >= 15 is 0 Å². The van der Waals surface area contributed by atoms with Crippen molar-refractivity contribution in [2.24, 2.45) is 5.92 Å². The predicted octanol–water partition coefficient (Wildman–Crippen LogP) is 3.26. The molecular weight excluding hydrogens is 328 g/mol. The first kappa shape index (κ1) is 15.6. The number of rotatable bonds is 2. The first-order valence-corrected chi connectivity index (χ1v) is 9.65. The van der Waals surface area contributed by atoms with Crippen LogP contribution in [0.2, 0.25) is 0 Å². The SMILES string of the molecule is O=C(C1C=C(c2ccccc2)SC1Cl)N1CCN2CCCC2C1. The second-order valence-electron chi connectivity index (χ2n) is 6.51. The van der Waals surface area contributed by atoms with E-state index in [1.807, 2.05) is 23.1 Å². The van der Waals surface area contributed by atoms with Crippen molar-refractivity contribution < 1.29 is 4.79 Å². The van der Waals surface area contributed by atoms with Crippen LogP contribution in [0.15, 0.2) is 36.4 Å². The molecule has 0 radical (unpaired) electrons. The molecule has 0 saturated carbocycles. The van der Waals surface area contributed by atoms with E-state index in [1.54, 1.807) is 11.8 Å². The van der Waals surface area contributed by atoms with E-state index in [4.69, 9.17) is 11.6 Å². The van der Waals surface area contributed by atoms with E-state index in [0.29, 0.717) is 6.04 Å². The van der Waals surface area contributed by atoms with Crippen LogP contribution in [0.4, 0.5) is 0 Å². The number of hydrogen-bond donors (Lipinski definition) is 0. The maximum atomic E-state index is 12.9. The van der Waals surface area contributed by atoms with Gasteiger partial charge in [-0.05, 0) is 24.9 Å². The molecule has 1 aromatic rings. The Morgan fingerprint density at radius 2 is 2.00 bits per heavy atom. The number of benzene rings is 1. The lowest BCUT2D eigenvalue weighted by Gasteiger charge is -2.38. The molecule has 3 nitrogen and oxygen atoms in total. The molecule has 3 aliphatic heterocycles. The van der Waals surface area contributed by atoms with E-state index < -0.39 is 0 Å². The fourth-order valence-corrected chi connectivity index (χ4v) is 5.37. The number of thioether (sulfide) groups is 1. The number of halogens is 1. The molecule has 3 atom stereocenters. The number of piperazine rings is 1. The standard InChI is InChI=1S/C18H21ClN2OS/c19-17-15(11-16(23-17)13-5-2-1-3-6-13)18(22)21-10-9-20-8-4-7-14(20)12-21/h1-3,5-6,11,14-15,17H,4,7-10,12H2. The largest absolute Gasteiger partial charge is 0.339 e. The Morgan fingerprint density at radius 3 is 2.83 bits per heavy atom. The monoisotopic (exact) mass is 348 g/mol. The Bertz CT molecular complexity index is 621. The van der Waals surface area contributed by atoms with Gasteiger partial charge in [-0.25, -0.2) is 0 Å². The number of amides is 1. The zero-order valence-electron chi connectivity index (χ0n) is 13.0. The lowest BCUT2D eigenvalue weighted by atomic mass is 10.1. The molecule has 0 aromatic heterocycles. The van der Waals surface area contributed by atoms with E-state index in [0.717, 1.165) is 30.1 Å². The fourth-order valence-electron chi connectivity index (χ4n) is 3.82. The summed E-state index contributed by atoms with van der Waals surface area (Å²) < 4.78 is -0.195. The Morgan fingerprint density at radius 1 is 1.17 bits per heavy atom. The second kappa shape index (κ2) is 6.50. The van der Waals surface area contributed by atoms with E-state index in [9.17, 15) is 4.79 Å². The first-order valence-electron chi connectivity index (χ1n) is 8.33. The van der Waals surface area contributed by atoms with Crippen molar-refractivity contribution in [3.8, 4) is 0 Å². The van der Waals surface area contributed by atoms with Gasteiger partial charge in [0, 0.05) is 30.6 Å². The van der Waals surface area contributed by atoms with E-state index in [-0.39, 0.29) is 16.5 Å². The van der Waals surface area contributed by atoms with Crippen LogP contribution >= 0.6 is 23.4 Å². The molecule has 3 unspecified atom stereocenters. The van der Waals surface area contributed by atoms with Crippen molar-refractivity contribution in [3.63, 3.8) is 0 Å². The Labute approximate surface area is 146 Å². The van der Waals surface area contributed by atoms with Gasteiger partial charge in [0.1, 0.15) is 0 Å². The fraction of sp³-hybridized carbons (Fsp3) is 0.500. The molecule has 23 heavy (non-hydrogen) atoms. The summed E-state index contributed by atoms with van der Waals surface area (Å²) in [5, 5.41) is 0. The van der Waals surface area contributed by atoms with Gasteiger partial charge in [-0.2, -0.15) is 0 Å². The van der Waals surface area contributed by atoms with Crippen LogP contribution < -0.4 is 0 Å². The van der Waals surface area contributed by atoms with Crippen molar-refractivity contribution in [3.05, 3.63) is 42.0 Å². The molecule has 122 valence electrons. The third-order valence-electron chi connectivity index (χ3n) is 5.10. The highest BCUT2D eigenvalue weighted by Gasteiger charge is 2.39. The van der Waals surface area contributed by atoms with Crippen molar-refractivity contribution >= 4 is 34.2 Å². The summed E-state index contributed by atoms with van der Waals surface area (Å²) in [6, 6.07) is 10.8. The maximum absolute atomic E-state index is 12.9. The molecule has 0 spiro atoms. The van der Waals surface area contributed by atoms with E-state index in [2.05, 4.69) is 23.1 Å². The summed E-state index contributed by atoms with van der Waals surface area (Å²) in [5.74, 6) is -0.000179. The summed E-state index contributed by atoms with van der Waals surface area (Å²) in [5.41, 5.74) is 1.15. The van der Waals surface area contributed by atoms with Crippen LogP contribution in [-0.4, -0.2) is 52.6 Å². The second-order valence-corrected chi connectivity index (χ2v) is 8.42. The molecule has 0 aliphatic carbocycles. The van der Waals surface area contributed by atoms with Crippen molar-refractivity contribution in [1.29, 1.82) is 0 Å². The molecule has 0 bridgehead atoms. The number of carbonyl (C=O) groups excluding carboxylic acids is 1. The topological polar surface area (TPSA) is 23.6 Å². The van der Waals surface area contributed by atoms with Crippen LogP contribution in [0.1, 0.15) is 18.4 Å². The first-order chi connectivity index (χ1) is 11.2. The Hall–Kier alpha value is -0.970. The smallest absolute Gasteiger partial charge is 0.232 e. The molecule has 3 heterocycles. The normalized spacial score (nSPS) is 31.1. The highest BCUT2D eigenvalue weighted by molar-refractivity contribution is 8.10. The minimum Gasteiger partial charge on any atom is -0.339 e. The van der Waals surface area contributed by atoms with Gasteiger partial charge in [-0.1, -0.05) is 36.4 Å².